The third kappa shape index (κ3) is 4.05. The monoisotopic (exact) mass is 350 g/mol. The van der Waals surface area contributed by atoms with Gasteiger partial charge in [-0.1, -0.05) is 0 Å². The summed E-state index contributed by atoms with van der Waals surface area (Å²) in [6.45, 7) is 0. The molecule has 1 aromatic carbocycles. The van der Waals surface area contributed by atoms with Crippen molar-refractivity contribution in [3.8, 4) is 0 Å². The molecule has 1 aliphatic rings. The molecule has 1 aromatic heterocycles. The molecule has 2 aromatic rings. The summed E-state index contributed by atoms with van der Waals surface area (Å²) >= 11 is 0. The van der Waals surface area contributed by atoms with Crippen LogP contribution in [0.5, 0.6) is 0 Å². The van der Waals surface area contributed by atoms with Crippen LogP contribution in [0.3, 0.4) is 0 Å². The van der Waals surface area contributed by atoms with Crippen molar-refractivity contribution in [2.24, 2.45) is 0 Å². The van der Waals surface area contributed by atoms with Crippen LogP contribution in [-0.4, -0.2) is 41.8 Å². The van der Waals surface area contributed by atoms with Gasteiger partial charge in [-0.15, -0.1) is 0 Å². The van der Waals surface area contributed by atoms with E-state index in [4.69, 9.17) is 0 Å². The Morgan fingerprint density at radius 1 is 1.17 bits per heavy atom. The predicted molar refractivity (Wildman–Crippen MR) is 86.2 cm³/mol. The lowest BCUT2D eigenvalue weighted by molar-refractivity contribution is 0.0940. The lowest BCUT2D eigenvalue weighted by atomic mass is 10.2. The van der Waals surface area contributed by atoms with Gasteiger partial charge in [-0.25, -0.2) is 22.8 Å². The Kier molecular flexibility index (Phi) is 4.43. The number of nitrogens with zero attached hydrogens (tertiary/aromatic N) is 2. The third-order valence-electron chi connectivity index (χ3n) is 3.58. The van der Waals surface area contributed by atoms with E-state index in [0.717, 1.165) is 0 Å². The fraction of sp³-hybridized carbons (Fsp3) is 0.267. The van der Waals surface area contributed by atoms with Crippen LogP contribution in [-0.2, 0) is 9.84 Å². The van der Waals surface area contributed by atoms with Gasteiger partial charge in [0.2, 0.25) is 5.95 Å². The van der Waals surface area contributed by atoms with Gasteiger partial charge in [0.05, 0.1) is 17.1 Å². The Hall–Kier alpha value is -2.55. The van der Waals surface area contributed by atoms with Crippen LogP contribution in [0.1, 0.15) is 16.8 Å². The SMILES string of the molecule is O=C(NC1CCS(=O)(=O)C1)c1cnc(Nc2ccc(F)cc2)nc1. The van der Waals surface area contributed by atoms with Crippen LogP contribution in [0.2, 0.25) is 0 Å². The van der Waals surface area contributed by atoms with Gasteiger partial charge in [0.25, 0.3) is 5.91 Å². The molecule has 1 fully saturated rings. The summed E-state index contributed by atoms with van der Waals surface area (Å²) < 4.78 is 35.6. The van der Waals surface area contributed by atoms with E-state index in [0.29, 0.717) is 12.1 Å². The number of benzene rings is 1. The number of hydrogen-bond acceptors (Lipinski definition) is 6. The highest BCUT2D eigenvalue weighted by molar-refractivity contribution is 7.91. The molecule has 0 bridgehead atoms. The van der Waals surface area contributed by atoms with E-state index in [-0.39, 0.29) is 34.9 Å². The molecule has 1 atom stereocenters. The normalized spacial score (nSPS) is 19.0. The average molecular weight is 350 g/mol. The first kappa shape index (κ1) is 16.3. The van der Waals surface area contributed by atoms with Gasteiger partial charge >= 0.3 is 0 Å². The molecule has 24 heavy (non-hydrogen) atoms. The van der Waals surface area contributed by atoms with Gasteiger partial charge in [0, 0.05) is 24.1 Å². The van der Waals surface area contributed by atoms with Crippen LogP contribution in [0.4, 0.5) is 16.0 Å². The maximum absolute atomic E-state index is 12.8. The quantitative estimate of drug-likeness (QED) is 0.861. The first-order chi connectivity index (χ1) is 11.4. The van der Waals surface area contributed by atoms with Crippen molar-refractivity contribution in [3.05, 3.63) is 48.0 Å². The summed E-state index contributed by atoms with van der Waals surface area (Å²) in [5.74, 6) is -0.437. The van der Waals surface area contributed by atoms with Gasteiger partial charge in [0.1, 0.15) is 5.82 Å². The van der Waals surface area contributed by atoms with Crippen LogP contribution in [0.25, 0.3) is 0 Å². The van der Waals surface area contributed by atoms with Crippen LogP contribution < -0.4 is 10.6 Å². The van der Waals surface area contributed by atoms with Crippen LogP contribution >= 0.6 is 0 Å². The highest BCUT2D eigenvalue weighted by Gasteiger charge is 2.29. The molecule has 0 spiro atoms. The van der Waals surface area contributed by atoms with Crippen LogP contribution in [0, 0.1) is 5.82 Å². The van der Waals surface area contributed by atoms with E-state index in [1.807, 2.05) is 0 Å². The largest absolute Gasteiger partial charge is 0.348 e. The zero-order valence-corrected chi connectivity index (χ0v) is 13.4. The molecule has 1 aliphatic heterocycles. The zero-order valence-electron chi connectivity index (χ0n) is 12.6. The molecule has 1 unspecified atom stereocenters. The number of carbonyl (C=O) groups excluding carboxylic acids is 1. The molecule has 7 nitrogen and oxygen atoms in total. The lowest BCUT2D eigenvalue weighted by Crippen LogP contribution is -2.35. The molecule has 1 saturated heterocycles. The van der Waals surface area contributed by atoms with E-state index in [9.17, 15) is 17.6 Å². The summed E-state index contributed by atoms with van der Waals surface area (Å²) in [5.41, 5.74) is 0.855. The van der Waals surface area contributed by atoms with Crippen LogP contribution in [0.15, 0.2) is 36.7 Å². The van der Waals surface area contributed by atoms with Crippen molar-refractivity contribution < 1.29 is 17.6 Å². The van der Waals surface area contributed by atoms with E-state index in [1.165, 1.54) is 24.5 Å². The number of aromatic nitrogens is 2. The number of nitrogens with one attached hydrogen (secondary N) is 2. The van der Waals surface area contributed by atoms with Gasteiger partial charge in [-0.05, 0) is 30.7 Å². The topological polar surface area (TPSA) is 101 Å². The molecule has 2 heterocycles. The zero-order chi connectivity index (χ0) is 17.2. The molecule has 0 aliphatic carbocycles. The van der Waals surface area contributed by atoms with Gasteiger partial charge in [-0.3, -0.25) is 4.79 Å². The number of halogens is 1. The summed E-state index contributed by atoms with van der Waals surface area (Å²) in [6.07, 6.45) is 3.11. The Balaban J connectivity index is 1.61. The number of rotatable bonds is 4. The fourth-order valence-electron chi connectivity index (χ4n) is 2.35. The number of hydrogen-bond donors (Lipinski definition) is 2. The van der Waals surface area contributed by atoms with E-state index in [2.05, 4.69) is 20.6 Å². The van der Waals surface area contributed by atoms with E-state index < -0.39 is 15.7 Å². The Morgan fingerprint density at radius 3 is 2.42 bits per heavy atom. The maximum atomic E-state index is 12.8. The molecule has 3 rings (SSSR count). The predicted octanol–water partition coefficient (Wildman–Crippen LogP) is 1.28. The minimum atomic E-state index is -3.05. The minimum absolute atomic E-state index is 0.0379. The summed E-state index contributed by atoms with van der Waals surface area (Å²) in [4.78, 5) is 20.1. The van der Waals surface area contributed by atoms with Crippen molar-refractivity contribution in [3.63, 3.8) is 0 Å². The number of amides is 1. The lowest BCUT2D eigenvalue weighted by Gasteiger charge is -2.10. The summed E-state index contributed by atoms with van der Waals surface area (Å²) in [7, 11) is -3.05. The van der Waals surface area contributed by atoms with E-state index in [1.54, 1.807) is 12.1 Å². The van der Waals surface area contributed by atoms with Gasteiger partial charge < -0.3 is 10.6 Å². The summed E-state index contributed by atoms with van der Waals surface area (Å²) in [6, 6.07) is 5.32. The fourth-order valence-corrected chi connectivity index (χ4v) is 4.02. The second-order valence-corrected chi connectivity index (χ2v) is 7.73. The standard InChI is InChI=1S/C15H15FN4O3S/c16-11-1-3-12(4-2-11)20-15-17-7-10(8-18-15)14(21)19-13-5-6-24(22,23)9-13/h1-4,7-8,13H,5-6,9H2,(H,19,21)(H,17,18,20). The van der Waals surface area contributed by atoms with Gasteiger partial charge in [0.15, 0.2) is 9.84 Å². The van der Waals surface area contributed by atoms with Crippen molar-refractivity contribution in [1.82, 2.24) is 15.3 Å². The molecule has 9 heteroatoms. The Labute approximate surface area is 138 Å². The maximum Gasteiger partial charge on any atom is 0.254 e. The second-order valence-electron chi connectivity index (χ2n) is 5.50. The van der Waals surface area contributed by atoms with Crippen molar-refractivity contribution in [2.75, 3.05) is 16.8 Å². The van der Waals surface area contributed by atoms with Crippen molar-refractivity contribution in [2.45, 2.75) is 12.5 Å². The van der Waals surface area contributed by atoms with Crippen molar-refractivity contribution >= 4 is 27.4 Å². The van der Waals surface area contributed by atoms with Crippen molar-refractivity contribution in [1.29, 1.82) is 0 Å². The van der Waals surface area contributed by atoms with Gasteiger partial charge in [-0.2, -0.15) is 0 Å². The molecular formula is C15H15FN4O3S. The first-order valence-electron chi connectivity index (χ1n) is 7.27. The molecule has 0 radical (unpaired) electrons. The average Bonchev–Trinajstić information content (AvgIpc) is 2.89. The first-order valence-corrected chi connectivity index (χ1v) is 9.09. The smallest absolute Gasteiger partial charge is 0.254 e. The molecule has 0 saturated carbocycles. The second kappa shape index (κ2) is 6.52. The third-order valence-corrected chi connectivity index (χ3v) is 5.35. The molecular weight excluding hydrogens is 335 g/mol. The Morgan fingerprint density at radius 2 is 1.83 bits per heavy atom. The summed E-state index contributed by atoms with van der Waals surface area (Å²) in [5, 5.41) is 5.55. The molecule has 1 amide bonds. The number of sulfone groups is 1. The molecule has 126 valence electrons. The Bertz CT molecular complexity index is 838. The number of carbonyl (C=O) groups is 1. The molecule has 2 N–H and O–H groups in total. The highest BCUT2D eigenvalue weighted by Crippen LogP contribution is 2.14. The van der Waals surface area contributed by atoms with E-state index >= 15 is 0 Å². The number of anilines is 2. The minimum Gasteiger partial charge on any atom is -0.348 e. The highest BCUT2D eigenvalue weighted by atomic mass is 32.2.